The van der Waals surface area contributed by atoms with Crippen LogP contribution in [0, 0.1) is 6.92 Å². The van der Waals surface area contributed by atoms with Crippen molar-refractivity contribution >= 4 is 23.8 Å². The van der Waals surface area contributed by atoms with Crippen LogP contribution in [0.4, 0.5) is 13.2 Å². The summed E-state index contributed by atoms with van der Waals surface area (Å²) in [6, 6.07) is 11.1. The molecule has 0 aliphatic heterocycles. The second-order valence-electron chi connectivity index (χ2n) is 7.28. The number of amides is 1. The highest BCUT2D eigenvalue weighted by atomic mass is 35.5. The maximum absolute atomic E-state index is 13.2. The number of aromatic nitrogens is 2. The van der Waals surface area contributed by atoms with Crippen molar-refractivity contribution in [3.8, 4) is 5.69 Å². The van der Waals surface area contributed by atoms with Crippen LogP contribution in [0.3, 0.4) is 0 Å². The lowest BCUT2D eigenvalue weighted by atomic mass is 9.98. The van der Waals surface area contributed by atoms with E-state index in [2.05, 4.69) is 10.4 Å². The van der Waals surface area contributed by atoms with Gasteiger partial charge in [-0.05, 0) is 61.7 Å². The first kappa shape index (κ1) is 23.5. The minimum atomic E-state index is -4.50. The van der Waals surface area contributed by atoms with Crippen molar-refractivity contribution in [2.75, 3.05) is 0 Å². The number of hydrogen-bond donors (Lipinski definition) is 1. The van der Waals surface area contributed by atoms with Gasteiger partial charge in [-0.2, -0.15) is 18.3 Å². The van der Waals surface area contributed by atoms with E-state index in [1.165, 1.54) is 18.3 Å². The van der Waals surface area contributed by atoms with Crippen LogP contribution in [0.25, 0.3) is 5.69 Å². The molecule has 32 heavy (non-hydrogen) atoms. The smallest absolute Gasteiger partial charge is 0.345 e. The van der Waals surface area contributed by atoms with Gasteiger partial charge in [-0.25, -0.2) is 4.68 Å². The Labute approximate surface area is 188 Å². The van der Waals surface area contributed by atoms with E-state index in [0.29, 0.717) is 40.4 Å². The first-order chi connectivity index (χ1) is 15.2. The molecule has 0 saturated heterocycles. The number of alkyl halides is 3. The number of nitrogens with one attached hydrogen (secondary N) is 1. The summed E-state index contributed by atoms with van der Waals surface area (Å²) in [6.45, 7) is 1.72. The van der Waals surface area contributed by atoms with E-state index in [0.717, 1.165) is 18.4 Å². The normalized spacial score (nSPS) is 12.4. The van der Waals surface area contributed by atoms with Gasteiger partial charge in [0.25, 0.3) is 5.91 Å². The zero-order chi connectivity index (χ0) is 23.3. The lowest BCUT2D eigenvalue weighted by Crippen LogP contribution is -2.29. The van der Waals surface area contributed by atoms with Gasteiger partial charge in [-0.1, -0.05) is 23.7 Å². The van der Waals surface area contributed by atoms with E-state index in [-0.39, 0.29) is 6.42 Å². The molecule has 5 nitrogen and oxygen atoms in total. The van der Waals surface area contributed by atoms with Gasteiger partial charge in [0.05, 0.1) is 34.7 Å². The third kappa shape index (κ3) is 5.56. The summed E-state index contributed by atoms with van der Waals surface area (Å²) >= 11 is 5.92. The monoisotopic (exact) mass is 463 g/mol. The number of nitrogens with zero attached hydrogens (tertiary/aromatic N) is 2. The highest BCUT2D eigenvalue weighted by molar-refractivity contribution is 6.30. The molecule has 0 aliphatic rings. The largest absolute Gasteiger partial charge is 0.416 e. The van der Waals surface area contributed by atoms with Crippen LogP contribution in [0.15, 0.2) is 54.7 Å². The summed E-state index contributed by atoms with van der Waals surface area (Å²) in [6.07, 6.45) is -1.36. The number of unbranched alkanes of at least 4 members (excludes halogenated alkanes) is 1. The van der Waals surface area contributed by atoms with Gasteiger partial charge >= 0.3 is 6.18 Å². The Bertz CT molecular complexity index is 1090. The number of carbonyl (C=O) groups excluding carboxylic acids is 2. The summed E-state index contributed by atoms with van der Waals surface area (Å²) in [5.41, 5.74) is 1.11. The quantitative estimate of drug-likeness (QED) is 0.344. The molecule has 1 amide bonds. The van der Waals surface area contributed by atoms with Crippen molar-refractivity contribution in [2.45, 2.75) is 38.4 Å². The fourth-order valence-electron chi connectivity index (χ4n) is 3.37. The van der Waals surface area contributed by atoms with Gasteiger partial charge < -0.3 is 10.1 Å². The first-order valence-electron chi connectivity index (χ1n) is 9.93. The molecule has 0 bridgehead atoms. The molecule has 1 heterocycles. The maximum Gasteiger partial charge on any atom is 0.416 e. The molecule has 168 valence electrons. The Balaban J connectivity index is 1.86. The van der Waals surface area contributed by atoms with Crippen LogP contribution in [-0.4, -0.2) is 22.0 Å². The standard InChI is InChI=1S/C23H21ClF3N3O2/c1-15-20(14-28-30(15)19-10-8-18(24)9-11-19)22(32)29-21(7-2-3-12-31)16-5-4-6-17(13-16)23(25,26)27/h4-6,8-14,21H,2-3,7H2,1H3,(H,29,32)/t21-/m0/s1. The molecule has 3 aromatic rings. The number of hydrogen-bond acceptors (Lipinski definition) is 3. The predicted octanol–water partition coefficient (Wildman–Crippen LogP) is 5.69. The molecule has 3 rings (SSSR count). The Morgan fingerprint density at radius 1 is 1.22 bits per heavy atom. The van der Waals surface area contributed by atoms with Gasteiger partial charge in [0.1, 0.15) is 6.29 Å². The SMILES string of the molecule is Cc1c(C(=O)N[C@@H](CCCC=O)c2cccc(C(F)(F)F)c2)cnn1-c1ccc(Cl)cc1. The number of halogens is 4. The molecular formula is C23H21ClF3N3O2. The van der Waals surface area contributed by atoms with Gasteiger partial charge in [-0.15, -0.1) is 0 Å². The predicted molar refractivity (Wildman–Crippen MR) is 115 cm³/mol. The number of benzene rings is 2. The van der Waals surface area contributed by atoms with Crippen molar-refractivity contribution in [1.82, 2.24) is 15.1 Å². The van der Waals surface area contributed by atoms with Crippen LogP contribution in [0.5, 0.6) is 0 Å². The molecule has 0 unspecified atom stereocenters. The third-order valence-corrected chi connectivity index (χ3v) is 5.31. The van der Waals surface area contributed by atoms with Crippen molar-refractivity contribution in [3.63, 3.8) is 0 Å². The zero-order valence-corrected chi connectivity index (χ0v) is 18.0. The van der Waals surface area contributed by atoms with Crippen molar-refractivity contribution in [3.05, 3.63) is 82.1 Å². The molecule has 0 fully saturated rings. The van der Waals surface area contributed by atoms with E-state index in [9.17, 15) is 22.8 Å². The molecule has 0 spiro atoms. The summed E-state index contributed by atoms with van der Waals surface area (Å²) in [5.74, 6) is -0.462. The van der Waals surface area contributed by atoms with Crippen LogP contribution in [0.1, 0.15) is 52.5 Å². The lowest BCUT2D eigenvalue weighted by Gasteiger charge is -2.20. The van der Waals surface area contributed by atoms with Crippen LogP contribution >= 0.6 is 11.6 Å². The number of aldehydes is 1. The Morgan fingerprint density at radius 2 is 1.94 bits per heavy atom. The van der Waals surface area contributed by atoms with Crippen LogP contribution < -0.4 is 5.32 Å². The Kier molecular flexibility index (Phi) is 7.35. The topological polar surface area (TPSA) is 64.0 Å². The molecule has 2 aromatic carbocycles. The fourth-order valence-corrected chi connectivity index (χ4v) is 3.50. The van der Waals surface area contributed by atoms with E-state index in [4.69, 9.17) is 11.6 Å². The Morgan fingerprint density at radius 3 is 2.59 bits per heavy atom. The molecule has 1 N–H and O–H groups in total. The lowest BCUT2D eigenvalue weighted by molar-refractivity contribution is -0.137. The average molecular weight is 464 g/mol. The van der Waals surface area contributed by atoms with Gasteiger partial charge in [-0.3, -0.25) is 4.79 Å². The molecule has 0 aliphatic carbocycles. The zero-order valence-electron chi connectivity index (χ0n) is 17.2. The molecule has 0 radical (unpaired) electrons. The van der Waals surface area contributed by atoms with Crippen molar-refractivity contribution in [1.29, 1.82) is 0 Å². The Hall–Kier alpha value is -3.13. The molecule has 1 aromatic heterocycles. The minimum Gasteiger partial charge on any atom is -0.345 e. The molecule has 9 heteroatoms. The van der Waals surface area contributed by atoms with Crippen molar-refractivity contribution in [2.24, 2.45) is 0 Å². The first-order valence-corrected chi connectivity index (χ1v) is 10.3. The summed E-state index contributed by atoms with van der Waals surface area (Å²) < 4.78 is 41.0. The maximum atomic E-state index is 13.2. The van der Waals surface area contributed by atoms with E-state index in [1.807, 2.05) is 0 Å². The number of carbonyl (C=O) groups is 2. The molecular weight excluding hydrogens is 443 g/mol. The van der Waals surface area contributed by atoms with E-state index in [1.54, 1.807) is 35.9 Å². The van der Waals surface area contributed by atoms with Crippen LogP contribution in [-0.2, 0) is 11.0 Å². The molecule has 0 saturated carbocycles. The summed E-state index contributed by atoms with van der Waals surface area (Å²) in [5, 5.41) is 7.63. The second kappa shape index (κ2) is 9.99. The minimum absolute atomic E-state index is 0.249. The molecule has 1 atom stereocenters. The van der Waals surface area contributed by atoms with Gasteiger partial charge in [0.2, 0.25) is 0 Å². The number of rotatable bonds is 8. The highest BCUT2D eigenvalue weighted by Crippen LogP contribution is 2.32. The fraction of sp³-hybridized carbons (Fsp3) is 0.261. The van der Waals surface area contributed by atoms with Crippen molar-refractivity contribution < 1.29 is 22.8 Å². The summed E-state index contributed by atoms with van der Waals surface area (Å²) in [4.78, 5) is 23.7. The van der Waals surface area contributed by atoms with E-state index >= 15 is 0 Å². The van der Waals surface area contributed by atoms with E-state index < -0.39 is 23.7 Å². The van der Waals surface area contributed by atoms with Gasteiger partial charge in [0, 0.05) is 11.4 Å². The average Bonchev–Trinajstić information content (AvgIpc) is 3.14. The third-order valence-electron chi connectivity index (χ3n) is 5.06. The van der Waals surface area contributed by atoms with Gasteiger partial charge in [0.15, 0.2) is 0 Å². The second-order valence-corrected chi connectivity index (χ2v) is 7.72. The summed E-state index contributed by atoms with van der Waals surface area (Å²) in [7, 11) is 0. The van der Waals surface area contributed by atoms with Crippen LogP contribution in [0.2, 0.25) is 5.02 Å². The highest BCUT2D eigenvalue weighted by Gasteiger charge is 2.31.